The molecular formula is C16H18N2O4. The summed E-state index contributed by atoms with van der Waals surface area (Å²) in [5.41, 5.74) is 1.07. The van der Waals surface area contributed by atoms with Crippen LogP contribution in [0.2, 0.25) is 0 Å². The van der Waals surface area contributed by atoms with Crippen molar-refractivity contribution in [2.45, 2.75) is 25.3 Å². The standard InChI is InChI=1S/C16H18N2O4/c1-10-2-3-11-9-13(17-12(11)8-10)14(19)18-16(15(20)21)4-6-22-7-5-16/h2-3,8-9,17H,4-7H2,1H3,(H,18,19)(H,20,21). The van der Waals surface area contributed by atoms with Crippen molar-refractivity contribution in [2.24, 2.45) is 0 Å². The quantitative estimate of drug-likeness (QED) is 0.806. The van der Waals surface area contributed by atoms with Crippen molar-refractivity contribution < 1.29 is 19.4 Å². The van der Waals surface area contributed by atoms with E-state index in [9.17, 15) is 14.7 Å². The molecule has 0 radical (unpaired) electrons. The van der Waals surface area contributed by atoms with Gasteiger partial charge in [0.25, 0.3) is 5.91 Å². The number of H-pyrrole nitrogens is 1. The predicted octanol–water partition coefficient (Wildman–Crippen LogP) is 1.84. The van der Waals surface area contributed by atoms with Gasteiger partial charge in [-0.05, 0) is 24.6 Å². The first-order valence-corrected chi connectivity index (χ1v) is 7.23. The number of carbonyl (C=O) groups excluding carboxylic acids is 1. The first-order chi connectivity index (χ1) is 10.5. The third-order valence-corrected chi connectivity index (χ3v) is 4.13. The molecule has 1 saturated heterocycles. The summed E-state index contributed by atoms with van der Waals surface area (Å²) in [7, 11) is 0. The van der Waals surface area contributed by atoms with Gasteiger partial charge >= 0.3 is 5.97 Å². The lowest BCUT2D eigenvalue weighted by atomic mass is 9.90. The van der Waals surface area contributed by atoms with Gasteiger partial charge in [0.05, 0.1) is 0 Å². The van der Waals surface area contributed by atoms with Gasteiger partial charge in [-0.25, -0.2) is 4.79 Å². The highest BCUT2D eigenvalue weighted by Crippen LogP contribution is 2.23. The van der Waals surface area contributed by atoms with Crippen LogP contribution >= 0.6 is 0 Å². The molecule has 6 nitrogen and oxygen atoms in total. The molecule has 22 heavy (non-hydrogen) atoms. The molecule has 1 aromatic heterocycles. The van der Waals surface area contributed by atoms with Gasteiger partial charge in [0.2, 0.25) is 0 Å². The summed E-state index contributed by atoms with van der Waals surface area (Å²) in [4.78, 5) is 27.1. The Morgan fingerprint density at radius 2 is 2.00 bits per heavy atom. The first kappa shape index (κ1) is 14.6. The van der Waals surface area contributed by atoms with Gasteiger partial charge in [0.1, 0.15) is 11.2 Å². The third kappa shape index (κ3) is 2.57. The number of rotatable bonds is 3. The van der Waals surface area contributed by atoms with E-state index in [0.29, 0.717) is 18.9 Å². The molecule has 0 atom stereocenters. The minimum absolute atomic E-state index is 0.271. The monoisotopic (exact) mass is 302 g/mol. The molecule has 0 unspecified atom stereocenters. The molecule has 1 amide bonds. The Morgan fingerprint density at radius 1 is 1.27 bits per heavy atom. The van der Waals surface area contributed by atoms with Crippen LogP contribution in [0.1, 0.15) is 28.9 Å². The maximum absolute atomic E-state index is 12.4. The van der Waals surface area contributed by atoms with E-state index in [1.165, 1.54) is 0 Å². The highest BCUT2D eigenvalue weighted by atomic mass is 16.5. The van der Waals surface area contributed by atoms with Crippen molar-refractivity contribution in [3.05, 3.63) is 35.5 Å². The van der Waals surface area contributed by atoms with E-state index in [1.807, 2.05) is 25.1 Å². The van der Waals surface area contributed by atoms with Gasteiger partial charge in [-0.2, -0.15) is 0 Å². The Labute approximate surface area is 127 Å². The molecule has 3 N–H and O–H groups in total. The molecule has 1 aliphatic heterocycles. The van der Waals surface area contributed by atoms with Crippen LogP contribution in [-0.2, 0) is 9.53 Å². The maximum atomic E-state index is 12.4. The molecule has 1 aromatic carbocycles. The van der Waals surface area contributed by atoms with E-state index >= 15 is 0 Å². The number of aryl methyl sites for hydroxylation is 1. The second kappa shape index (κ2) is 5.46. The highest BCUT2D eigenvalue weighted by Gasteiger charge is 2.41. The van der Waals surface area contributed by atoms with Crippen molar-refractivity contribution in [1.82, 2.24) is 10.3 Å². The smallest absolute Gasteiger partial charge is 0.329 e. The minimum atomic E-state index is -1.25. The summed E-state index contributed by atoms with van der Waals surface area (Å²) in [6, 6.07) is 7.58. The van der Waals surface area contributed by atoms with Crippen molar-refractivity contribution in [2.75, 3.05) is 13.2 Å². The Kier molecular flexibility index (Phi) is 3.62. The number of hydrogen-bond donors (Lipinski definition) is 3. The largest absolute Gasteiger partial charge is 0.480 e. The zero-order valence-electron chi connectivity index (χ0n) is 12.3. The summed E-state index contributed by atoms with van der Waals surface area (Å²) in [5, 5.41) is 13.1. The van der Waals surface area contributed by atoms with Gasteiger partial charge in [0.15, 0.2) is 0 Å². The van der Waals surface area contributed by atoms with Crippen molar-refractivity contribution >= 4 is 22.8 Å². The molecule has 3 rings (SSSR count). The fourth-order valence-electron chi connectivity index (χ4n) is 2.76. The van der Waals surface area contributed by atoms with Crippen LogP contribution in [0.5, 0.6) is 0 Å². The second-order valence-corrected chi connectivity index (χ2v) is 5.73. The molecule has 2 heterocycles. The molecular weight excluding hydrogens is 284 g/mol. The Balaban J connectivity index is 1.86. The number of amides is 1. The van der Waals surface area contributed by atoms with Gasteiger partial charge in [-0.15, -0.1) is 0 Å². The third-order valence-electron chi connectivity index (χ3n) is 4.13. The number of hydrogen-bond acceptors (Lipinski definition) is 3. The number of fused-ring (bicyclic) bond motifs is 1. The number of aromatic nitrogens is 1. The van der Waals surface area contributed by atoms with Crippen LogP contribution in [-0.4, -0.2) is 40.7 Å². The predicted molar refractivity (Wildman–Crippen MR) is 80.9 cm³/mol. The van der Waals surface area contributed by atoms with Gasteiger partial charge < -0.3 is 20.1 Å². The lowest BCUT2D eigenvalue weighted by Gasteiger charge is -2.33. The van der Waals surface area contributed by atoms with Crippen LogP contribution in [0.15, 0.2) is 24.3 Å². The van der Waals surface area contributed by atoms with E-state index in [0.717, 1.165) is 16.5 Å². The summed E-state index contributed by atoms with van der Waals surface area (Å²) in [6.07, 6.45) is 0.542. The fraction of sp³-hybridized carbons (Fsp3) is 0.375. The topological polar surface area (TPSA) is 91.4 Å². The zero-order valence-corrected chi connectivity index (χ0v) is 12.3. The molecule has 1 aliphatic rings. The number of carbonyl (C=O) groups is 2. The van der Waals surface area contributed by atoms with E-state index in [2.05, 4.69) is 10.3 Å². The Hall–Kier alpha value is -2.34. The average molecular weight is 302 g/mol. The molecule has 1 fully saturated rings. The molecule has 0 spiro atoms. The number of nitrogens with one attached hydrogen (secondary N) is 2. The zero-order chi connectivity index (χ0) is 15.7. The average Bonchev–Trinajstić information content (AvgIpc) is 2.91. The van der Waals surface area contributed by atoms with Gasteiger partial charge in [-0.1, -0.05) is 12.1 Å². The second-order valence-electron chi connectivity index (χ2n) is 5.73. The van der Waals surface area contributed by atoms with Crippen LogP contribution in [0.4, 0.5) is 0 Å². The number of benzene rings is 1. The molecule has 6 heteroatoms. The molecule has 0 aliphatic carbocycles. The van der Waals surface area contributed by atoms with Gasteiger partial charge in [0, 0.05) is 37.0 Å². The normalized spacial score (nSPS) is 17.3. The maximum Gasteiger partial charge on any atom is 0.329 e. The van der Waals surface area contributed by atoms with Gasteiger partial charge in [-0.3, -0.25) is 4.79 Å². The molecule has 116 valence electrons. The first-order valence-electron chi connectivity index (χ1n) is 7.23. The lowest BCUT2D eigenvalue weighted by molar-refractivity contribution is -0.148. The molecule has 2 aromatic rings. The highest BCUT2D eigenvalue weighted by molar-refractivity contribution is 6.00. The fourth-order valence-corrected chi connectivity index (χ4v) is 2.76. The number of carboxylic acids is 1. The summed E-state index contributed by atoms with van der Waals surface area (Å²) >= 11 is 0. The number of aromatic amines is 1. The van der Waals surface area contributed by atoms with E-state index in [4.69, 9.17) is 4.74 Å². The Morgan fingerprint density at radius 3 is 2.68 bits per heavy atom. The number of aliphatic carboxylic acids is 1. The summed E-state index contributed by atoms with van der Waals surface area (Å²) in [6.45, 7) is 2.64. The summed E-state index contributed by atoms with van der Waals surface area (Å²) in [5.74, 6) is -1.42. The van der Waals surface area contributed by atoms with E-state index in [-0.39, 0.29) is 12.8 Å². The van der Waals surface area contributed by atoms with Crippen molar-refractivity contribution in [1.29, 1.82) is 0 Å². The van der Waals surface area contributed by atoms with E-state index < -0.39 is 17.4 Å². The number of ether oxygens (including phenoxy) is 1. The SMILES string of the molecule is Cc1ccc2cc(C(=O)NC3(C(=O)O)CCOCC3)[nH]c2c1. The van der Waals surface area contributed by atoms with Crippen molar-refractivity contribution in [3.8, 4) is 0 Å². The van der Waals surface area contributed by atoms with Crippen LogP contribution in [0.3, 0.4) is 0 Å². The van der Waals surface area contributed by atoms with E-state index in [1.54, 1.807) is 6.07 Å². The van der Waals surface area contributed by atoms with Crippen LogP contribution in [0.25, 0.3) is 10.9 Å². The van der Waals surface area contributed by atoms with Crippen molar-refractivity contribution in [3.63, 3.8) is 0 Å². The Bertz CT molecular complexity index is 729. The lowest BCUT2D eigenvalue weighted by Crippen LogP contribution is -2.57. The number of carboxylic acid groups (broad SMARTS) is 1. The minimum Gasteiger partial charge on any atom is -0.480 e. The molecule has 0 saturated carbocycles. The van der Waals surface area contributed by atoms with Crippen LogP contribution in [0, 0.1) is 6.92 Å². The molecule has 0 bridgehead atoms. The summed E-state index contributed by atoms with van der Waals surface area (Å²) < 4.78 is 5.20. The van der Waals surface area contributed by atoms with Crippen LogP contribution < -0.4 is 5.32 Å².